The molecule has 2 rings (SSSR count). The second-order valence-electron chi connectivity index (χ2n) is 6.49. The Kier molecular flexibility index (Phi) is 7.71. The number of urea groups is 1. The van der Waals surface area contributed by atoms with Gasteiger partial charge in [0.05, 0.1) is 7.05 Å². The fourth-order valence-electron chi connectivity index (χ4n) is 3.05. The van der Waals surface area contributed by atoms with Gasteiger partial charge in [0.15, 0.2) is 12.6 Å². The highest BCUT2D eigenvalue weighted by atomic mass is 16.2. The molecule has 0 aliphatic rings. The molecule has 7 heteroatoms. The normalized spacial score (nSPS) is 12.5. The van der Waals surface area contributed by atoms with E-state index in [9.17, 15) is 14.4 Å². The number of rotatable bonds is 7. The predicted molar refractivity (Wildman–Crippen MR) is 108 cm³/mol. The summed E-state index contributed by atoms with van der Waals surface area (Å²) < 4.78 is 0. The number of quaternary nitrogens is 1. The van der Waals surface area contributed by atoms with E-state index in [1.807, 2.05) is 61.5 Å². The van der Waals surface area contributed by atoms with Crippen molar-refractivity contribution < 1.29 is 19.3 Å². The average molecular weight is 383 g/mol. The van der Waals surface area contributed by atoms with E-state index in [0.717, 1.165) is 23.2 Å². The monoisotopic (exact) mass is 383 g/mol. The van der Waals surface area contributed by atoms with Gasteiger partial charge in [-0.3, -0.25) is 14.9 Å². The van der Waals surface area contributed by atoms with Crippen LogP contribution in [0.25, 0.3) is 0 Å². The van der Waals surface area contributed by atoms with Crippen LogP contribution in [0.4, 0.5) is 10.5 Å². The number of benzene rings is 2. The number of nitrogens with one attached hydrogen (secondary N) is 4. The van der Waals surface area contributed by atoms with Gasteiger partial charge in [-0.15, -0.1) is 0 Å². The highest BCUT2D eigenvalue weighted by Gasteiger charge is 2.31. The second kappa shape index (κ2) is 10.2. The molecule has 4 N–H and O–H groups in total. The molecule has 4 amide bonds. The summed E-state index contributed by atoms with van der Waals surface area (Å²) in [6, 6.07) is 15.4. The lowest BCUT2D eigenvalue weighted by atomic mass is 10.0. The molecule has 2 aromatic rings. The number of carbonyl (C=O) groups is 3. The molecular weight excluding hydrogens is 356 g/mol. The SMILES string of the molecule is CCc1ccccc1NC(=O)C[NH+](C)[C@@H](C(=O)NC(=O)NC)c1ccccc1. The van der Waals surface area contributed by atoms with Crippen LogP contribution in [0.15, 0.2) is 54.6 Å². The number of aryl methyl sites for hydroxylation is 1. The van der Waals surface area contributed by atoms with Gasteiger partial charge < -0.3 is 15.5 Å². The largest absolute Gasteiger partial charge is 0.341 e. The molecule has 0 heterocycles. The summed E-state index contributed by atoms with van der Waals surface area (Å²) >= 11 is 0. The third-order valence-electron chi connectivity index (χ3n) is 4.46. The van der Waals surface area contributed by atoms with Gasteiger partial charge in [0, 0.05) is 18.3 Å². The first kappa shape index (κ1) is 21.1. The third kappa shape index (κ3) is 5.65. The van der Waals surface area contributed by atoms with E-state index in [4.69, 9.17) is 0 Å². The summed E-state index contributed by atoms with van der Waals surface area (Å²) in [5.41, 5.74) is 2.54. The summed E-state index contributed by atoms with van der Waals surface area (Å²) in [4.78, 5) is 37.5. The first-order valence-electron chi connectivity index (χ1n) is 9.23. The minimum atomic E-state index is -0.703. The molecule has 0 aliphatic carbocycles. The number of likely N-dealkylation sites (N-methyl/N-ethyl adjacent to an activating group) is 1. The molecule has 0 saturated heterocycles. The molecule has 148 valence electrons. The van der Waals surface area contributed by atoms with E-state index >= 15 is 0 Å². The lowest BCUT2D eigenvalue weighted by Crippen LogP contribution is -3.11. The van der Waals surface area contributed by atoms with Gasteiger partial charge in [-0.2, -0.15) is 0 Å². The Morgan fingerprint density at radius 2 is 1.64 bits per heavy atom. The van der Waals surface area contributed by atoms with E-state index in [-0.39, 0.29) is 12.5 Å². The molecule has 7 nitrogen and oxygen atoms in total. The minimum Gasteiger partial charge on any atom is -0.341 e. The van der Waals surface area contributed by atoms with E-state index in [0.29, 0.717) is 4.90 Å². The smallest absolute Gasteiger partial charge is 0.321 e. The first-order chi connectivity index (χ1) is 13.5. The van der Waals surface area contributed by atoms with Crippen molar-refractivity contribution in [3.8, 4) is 0 Å². The maximum atomic E-state index is 12.7. The number of amides is 4. The number of carbonyl (C=O) groups excluding carboxylic acids is 3. The highest BCUT2D eigenvalue weighted by Crippen LogP contribution is 2.15. The summed E-state index contributed by atoms with van der Waals surface area (Å²) in [7, 11) is 3.20. The van der Waals surface area contributed by atoms with Crippen LogP contribution in [0.3, 0.4) is 0 Å². The van der Waals surface area contributed by atoms with Gasteiger partial charge in [-0.25, -0.2) is 4.79 Å². The van der Waals surface area contributed by atoms with Gasteiger partial charge >= 0.3 is 6.03 Å². The quantitative estimate of drug-likeness (QED) is 0.573. The van der Waals surface area contributed by atoms with E-state index in [1.165, 1.54) is 7.05 Å². The van der Waals surface area contributed by atoms with Crippen molar-refractivity contribution in [2.45, 2.75) is 19.4 Å². The molecule has 0 radical (unpaired) electrons. The van der Waals surface area contributed by atoms with Crippen LogP contribution in [0.2, 0.25) is 0 Å². The standard InChI is InChI=1S/C21H26N4O3/c1-4-15-10-8-9-13-17(15)23-18(26)14-25(3)19(16-11-6-5-7-12-16)20(27)24-21(28)22-2/h5-13,19H,4,14H2,1-3H3,(H,23,26)(H2,22,24,27,28)/p+1/t19-/m1/s1. The zero-order chi connectivity index (χ0) is 20.5. The van der Waals surface area contributed by atoms with Crippen LogP contribution in [0.1, 0.15) is 24.1 Å². The Hall–Kier alpha value is -3.19. The molecule has 0 saturated carbocycles. The molecule has 1 unspecified atom stereocenters. The van der Waals surface area contributed by atoms with Crippen molar-refractivity contribution >= 4 is 23.5 Å². The Balaban J connectivity index is 2.15. The lowest BCUT2D eigenvalue weighted by molar-refractivity contribution is -0.894. The van der Waals surface area contributed by atoms with E-state index in [2.05, 4.69) is 16.0 Å². The molecule has 0 aromatic heterocycles. The van der Waals surface area contributed by atoms with Crippen molar-refractivity contribution in [3.05, 3.63) is 65.7 Å². The Labute approximate surface area is 165 Å². The van der Waals surface area contributed by atoms with Crippen LogP contribution in [0, 0.1) is 0 Å². The van der Waals surface area contributed by atoms with Gasteiger partial charge in [0.25, 0.3) is 11.8 Å². The van der Waals surface area contributed by atoms with Crippen molar-refractivity contribution in [3.63, 3.8) is 0 Å². The van der Waals surface area contributed by atoms with Crippen LogP contribution in [-0.2, 0) is 16.0 Å². The maximum Gasteiger partial charge on any atom is 0.321 e. The van der Waals surface area contributed by atoms with Gasteiger partial charge in [-0.05, 0) is 18.1 Å². The Bertz CT molecular complexity index is 823. The molecule has 0 spiro atoms. The third-order valence-corrected chi connectivity index (χ3v) is 4.46. The van der Waals surface area contributed by atoms with Crippen LogP contribution in [0.5, 0.6) is 0 Å². The van der Waals surface area contributed by atoms with E-state index < -0.39 is 18.0 Å². The fraction of sp³-hybridized carbons (Fsp3) is 0.286. The summed E-state index contributed by atoms with van der Waals surface area (Å²) in [6.07, 6.45) is 0.806. The zero-order valence-electron chi connectivity index (χ0n) is 16.4. The first-order valence-corrected chi connectivity index (χ1v) is 9.23. The van der Waals surface area contributed by atoms with Crippen molar-refractivity contribution in [1.29, 1.82) is 0 Å². The van der Waals surface area contributed by atoms with Gasteiger partial charge in [0.2, 0.25) is 0 Å². The van der Waals surface area contributed by atoms with Gasteiger partial charge in [-0.1, -0.05) is 55.5 Å². The second-order valence-corrected chi connectivity index (χ2v) is 6.49. The van der Waals surface area contributed by atoms with Gasteiger partial charge in [0.1, 0.15) is 0 Å². The van der Waals surface area contributed by atoms with Crippen molar-refractivity contribution in [2.24, 2.45) is 0 Å². The molecule has 2 aromatic carbocycles. The molecule has 28 heavy (non-hydrogen) atoms. The number of imide groups is 1. The average Bonchev–Trinajstić information content (AvgIpc) is 2.69. The number of anilines is 1. The minimum absolute atomic E-state index is 0.0682. The molecule has 2 atom stereocenters. The maximum absolute atomic E-state index is 12.7. The predicted octanol–water partition coefficient (Wildman–Crippen LogP) is 0.899. The molecule has 0 aliphatic heterocycles. The molecule has 0 bridgehead atoms. The highest BCUT2D eigenvalue weighted by molar-refractivity contribution is 5.97. The molecular formula is C21H27N4O3+. The van der Waals surface area contributed by atoms with Crippen LogP contribution >= 0.6 is 0 Å². The van der Waals surface area contributed by atoms with Crippen molar-refractivity contribution in [2.75, 3.05) is 26.0 Å². The number of hydrogen-bond acceptors (Lipinski definition) is 3. The number of hydrogen-bond donors (Lipinski definition) is 4. The lowest BCUT2D eigenvalue weighted by Gasteiger charge is -2.24. The van der Waals surface area contributed by atoms with Crippen molar-refractivity contribution in [1.82, 2.24) is 10.6 Å². The zero-order valence-corrected chi connectivity index (χ0v) is 16.4. The topological polar surface area (TPSA) is 91.7 Å². The Morgan fingerprint density at radius 1 is 1.00 bits per heavy atom. The van der Waals surface area contributed by atoms with Crippen LogP contribution in [-0.4, -0.2) is 38.5 Å². The summed E-state index contributed by atoms with van der Waals surface area (Å²) in [6.45, 7) is 2.09. The van der Waals surface area contributed by atoms with Crippen LogP contribution < -0.4 is 20.9 Å². The summed E-state index contributed by atoms with van der Waals surface area (Å²) in [5, 5.41) is 7.60. The summed E-state index contributed by atoms with van der Waals surface area (Å²) in [5.74, 6) is -0.670. The molecule has 0 fully saturated rings. The number of para-hydroxylation sites is 1. The fourth-order valence-corrected chi connectivity index (χ4v) is 3.05. The Morgan fingerprint density at radius 3 is 2.29 bits per heavy atom. The van der Waals surface area contributed by atoms with E-state index in [1.54, 1.807) is 7.05 Å².